The first-order valence-corrected chi connectivity index (χ1v) is 10.2. The molecule has 1 saturated heterocycles. The molecule has 1 fully saturated rings. The van der Waals surface area contributed by atoms with Crippen LogP contribution in [0.2, 0.25) is 0 Å². The summed E-state index contributed by atoms with van der Waals surface area (Å²) in [6.45, 7) is 3.68. The lowest BCUT2D eigenvalue weighted by Gasteiger charge is -2.19. The van der Waals surface area contributed by atoms with Gasteiger partial charge < -0.3 is 10.6 Å². The molecule has 2 N–H and O–H groups in total. The number of nitrogens with two attached hydrogens (primary N) is 1. The fourth-order valence-electron chi connectivity index (χ4n) is 4.30. The Morgan fingerprint density at radius 2 is 1.79 bits per heavy atom. The van der Waals surface area contributed by atoms with Crippen LogP contribution in [0.3, 0.4) is 0 Å². The number of benzene rings is 2. The van der Waals surface area contributed by atoms with Crippen LogP contribution in [0.4, 0.5) is 5.82 Å². The van der Waals surface area contributed by atoms with E-state index in [1.807, 2.05) is 31.2 Å². The number of hydrogen-bond acceptors (Lipinski definition) is 5. The van der Waals surface area contributed by atoms with Crippen molar-refractivity contribution >= 4 is 43.9 Å². The summed E-state index contributed by atoms with van der Waals surface area (Å²) in [5.74, 6) is 0.833. The summed E-state index contributed by atoms with van der Waals surface area (Å²) in [5.41, 5.74) is 7.76. The number of thiophene rings is 1. The maximum Gasteiger partial charge on any atom is 0.259 e. The van der Waals surface area contributed by atoms with Gasteiger partial charge in [-0.05, 0) is 30.4 Å². The Balaban J connectivity index is 1.56. The summed E-state index contributed by atoms with van der Waals surface area (Å²) in [6.07, 6.45) is 0.963. The molecule has 28 heavy (non-hydrogen) atoms. The fourth-order valence-corrected chi connectivity index (χ4v) is 5.44. The van der Waals surface area contributed by atoms with Gasteiger partial charge in [-0.15, -0.1) is 16.4 Å². The summed E-state index contributed by atoms with van der Waals surface area (Å²) in [6, 6.07) is 16.4. The Bertz CT molecular complexity index is 1220. The minimum atomic E-state index is -0.338. The molecule has 1 aliphatic rings. The Morgan fingerprint density at radius 1 is 1.07 bits per heavy atom. The molecule has 5 nitrogen and oxygen atoms in total. The summed E-state index contributed by atoms with van der Waals surface area (Å²) in [7, 11) is 0. The van der Waals surface area contributed by atoms with Crippen molar-refractivity contribution in [1.29, 1.82) is 0 Å². The van der Waals surface area contributed by atoms with Crippen LogP contribution in [0, 0.1) is 6.92 Å². The Morgan fingerprint density at radius 3 is 2.57 bits per heavy atom. The molecule has 0 radical (unpaired) electrons. The summed E-state index contributed by atoms with van der Waals surface area (Å²) < 4.78 is 1.12. The van der Waals surface area contributed by atoms with E-state index in [4.69, 9.17) is 5.73 Å². The van der Waals surface area contributed by atoms with Gasteiger partial charge in [0.15, 0.2) is 5.82 Å². The highest BCUT2D eigenvalue weighted by Crippen LogP contribution is 2.41. The van der Waals surface area contributed by atoms with E-state index in [9.17, 15) is 4.79 Å². The van der Waals surface area contributed by atoms with Crippen LogP contribution < -0.4 is 10.6 Å². The lowest BCUT2D eigenvalue weighted by molar-refractivity contribution is 0.100. The van der Waals surface area contributed by atoms with E-state index in [0.717, 1.165) is 57.4 Å². The van der Waals surface area contributed by atoms with Gasteiger partial charge in [0.25, 0.3) is 5.91 Å². The molecular formula is C22H20N4OS. The fraction of sp³-hybridized carbons (Fsp3) is 0.227. The minimum absolute atomic E-state index is 0.250. The second-order valence-corrected chi connectivity index (χ2v) is 8.34. The van der Waals surface area contributed by atoms with Crippen molar-refractivity contribution in [1.82, 2.24) is 10.2 Å². The average Bonchev–Trinajstić information content (AvgIpc) is 3.33. The minimum Gasteiger partial charge on any atom is -0.365 e. The number of fused-ring (bicyclic) bond motifs is 2. The maximum atomic E-state index is 12.1. The van der Waals surface area contributed by atoms with Gasteiger partial charge >= 0.3 is 0 Å². The molecule has 3 heterocycles. The zero-order valence-electron chi connectivity index (χ0n) is 15.6. The zero-order chi connectivity index (χ0) is 19.3. The number of anilines is 1. The first kappa shape index (κ1) is 17.1. The van der Waals surface area contributed by atoms with E-state index in [1.165, 1.54) is 11.3 Å². The molecule has 1 unspecified atom stereocenters. The first-order valence-electron chi connectivity index (χ1n) is 9.41. The second kappa shape index (κ2) is 6.56. The molecule has 140 valence electrons. The molecule has 4 aromatic rings. The Kier molecular flexibility index (Phi) is 4.02. The molecule has 6 heteroatoms. The highest BCUT2D eigenvalue weighted by atomic mass is 32.1. The molecule has 0 bridgehead atoms. The topological polar surface area (TPSA) is 72.1 Å². The van der Waals surface area contributed by atoms with Crippen LogP contribution in [-0.4, -0.2) is 29.2 Å². The predicted molar refractivity (Wildman–Crippen MR) is 114 cm³/mol. The van der Waals surface area contributed by atoms with Crippen molar-refractivity contribution in [2.24, 2.45) is 5.73 Å². The number of carbonyl (C=O) groups excluding carboxylic acids is 1. The standard InChI is InChI=1S/C22H20N4OS/c1-13-15-6-2-3-7-16(15)22(25-24-13)26-11-10-14(12-26)19-17-8-4-5-9-18(17)28-20(19)21(23)27/h2-9,14H,10-12H2,1H3,(H2,23,27). The van der Waals surface area contributed by atoms with E-state index < -0.39 is 0 Å². The first-order chi connectivity index (χ1) is 13.6. The van der Waals surface area contributed by atoms with Crippen LogP contribution in [0.25, 0.3) is 20.9 Å². The van der Waals surface area contributed by atoms with Crippen molar-refractivity contribution in [3.05, 3.63) is 64.7 Å². The Hall–Kier alpha value is -2.99. The van der Waals surface area contributed by atoms with Gasteiger partial charge in [-0.2, -0.15) is 5.10 Å². The Labute approximate surface area is 166 Å². The molecule has 0 saturated carbocycles. The summed E-state index contributed by atoms with van der Waals surface area (Å²) in [5, 5.41) is 12.3. The van der Waals surface area contributed by atoms with Crippen molar-refractivity contribution < 1.29 is 4.79 Å². The third kappa shape index (κ3) is 2.64. The van der Waals surface area contributed by atoms with E-state index in [1.54, 1.807) is 0 Å². The maximum absolute atomic E-state index is 12.1. The van der Waals surface area contributed by atoms with E-state index in [-0.39, 0.29) is 11.8 Å². The number of rotatable bonds is 3. The normalized spacial score (nSPS) is 16.9. The monoisotopic (exact) mass is 388 g/mol. The lowest BCUT2D eigenvalue weighted by Crippen LogP contribution is -2.22. The third-order valence-corrected chi connectivity index (χ3v) is 6.81. The van der Waals surface area contributed by atoms with Crippen molar-refractivity contribution in [2.45, 2.75) is 19.3 Å². The smallest absolute Gasteiger partial charge is 0.259 e. The van der Waals surface area contributed by atoms with Crippen LogP contribution in [0.5, 0.6) is 0 Å². The molecule has 5 rings (SSSR count). The highest BCUT2D eigenvalue weighted by Gasteiger charge is 2.31. The molecule has 1 atom stereocenters. The van der Waals surface area contributed by atoms with Crippen LogP contribution in [0.15, 0.2) is 48.5 Å². The third-order valence-electron chi connectivity index (χ3n) is 5.61. The predicted octanol–water partition coefficient (Wildman–Crippen LogP) is 4.25. The molecule has 1 aliphatic heterocycles. The molecule has 2 aromatic heterocycles. The van der Waals surface area contributed by atoms with Gasteiger partial charge in [-0.3, -0.25) is 4.79 Å². The number of aryl methyl sites for hydroxylation is 1. The number of aromatic nitrogens is 2. The van der Waals surface area contributed by atoms with Crippen molar-refractivity contribution in [3.63, 3.8) is 0 Å². The summed E-state index contributed by atoms with van der Waals surface area (Å²) >= 11 is 1.50. The van der Waals surface area contributed by atoms with E-state index >= 15 is 0 Å². The van der Waals surface area contributed by atoms with E-state index in [2.05, 4.69) is 39.4 Å². The molecule has 0 aliphatic carbocycles. The van der Waals surface area contributed by atoms with Gasteiger partial charge in [-0.25, -0.2) is 0 Å². The van der Waals surface area contributed by atoms with Gasteiger partial charge in [0.1, 0.15) is 0 Å². The molecule has 2 aromatic carbocycles. The second-order valence-electron chi connectivity index (χ2n) is 7.29. The van der Waals surface area contributed by atoms with Crippen molar-refractivity contribution in [2.75, 3.05) is 18.0 Å². The van der Waals surface area contributed by atoms with Crippen molar-refractivity contribution in [3.8, 4) is 0 Å². The molecular weight excluding hydrogens is 368 g/mol. The SMILES string of the molecule is Cc1nnc(N2CCC(c3c(C(N)=O)sc4ccccc34)C2)c2ccccc12. The highest BCUT2D eigenvalue weighted by molar-refractivity contribution is 7.21. The largest absolute Gasteiger partial charge is 0.365 e. The van der Waals surface area contributed by atoms with Gasteiger partial charge in [-0.1, -0.05) is 42.5 Å². The van der Waals surface area contributed by atoms with Gasteiger partial charge in [0, 0.05) is 34.5 Å². The zero-order valence-corrected chi connectivity index (χ0v) is 16.4. The van der Waals surface area contributed by atoms with Crippen LogP contribution in [-0.2, 0) is 0 Å². The number of carbonyl (C=O) groups is 1. The quantitative estimate of drug-likeness (QED) is 0.570. The summed E-state index contributed by atoms with van der Waals surface area (Å²) in [4.78, 5) is 15.1. The van der Waals surface area contributed by atoms with E-state index in [0.29, 0.717) is 4.88 Å². The number of primary amides is 1. The lowest BCUT2D eigenvalue weighted by atomic mass is 9.95. The van der Waals surface area contributed by atoms with Crippen LogP contribution >= 0.6 is 11.3 Å². The van der Waals surface area contributed by atoms with Gasteiger partial charge in [0.05, 0.1) is 10.6 Å². The van der Waals surface area contributed by atoms with Crippen LogP contribution in [0.1, 0.15) is 33.3 Å². The number of hydrogen-bond donors (Lipinski definition) is 1. The molecule has 0 spiro atoms. The number of nitrogens with zero attached hydrogens (tertiary/aromatic N) is 3. The molecule has 1 amide bonds. The van der Waals surface area contributed by atoms with Gasteiger partial charge in [0.2, 0.25) is 0 Å². The number of amides is 1. The average molecular weight is 388 g/mol.